The molecular formula is C13H19NO3. The summed E-state index contributed by atoms with van der Waals surface area (Å²) in [6.07, 6.45) is 9.87. The van der Waals surface area contributed by atoms with Crippen LogP contribution in [0.1, 0.15) is 62.2 Å². The minimum Gasteiger partial charge on any atom is -0.481 e. The van der Waals surface area contributed by atoms with E-state index in [2.05, 4.69) is 5.16 Å². The van der Waals surface area contributed by atoms with Gasteiger partial charge in [0.15, 0.2) is 0 Å². The second-order valence-electron chi connectivity index (χ2n) is 4.79. The number of carbonyl (C=O) groups is 1. The Bertz CT molecular complexity index is 364. The molecule has 1 aliphatic rings. The maximum Gasteiger partial charge on any atom is 0.303 e. The van der Waals surface area contributed by atoms with Gasteiger partial charge in [-0.1, -0.05) is 30.8 Å². The highest BCUT2D eigenvalue weighted by atomic mass is 16.5. The predicted molar refractivity (Wildman–Crippen MR) is 62.9 cm³/mol. The van der Waals surface area contributed by atoms with Crippen molar-refractivity contribution in [1.29, 1.82) is 0 Å². The maximum absolute atomic E-state index is 10.6. The molecule has 17 heavy (non-hydrogen) atoms. The van der Waals surface area contributed by atoms with E-state index in [-0.39, 0.29) is 6.42 Å². The third-order valence-electron chi connectivity index (χ3n) is 3.54. The van der Waals surface area contributed by atoms with Crippen LogP contribution in [-0.4, -0.2) is 16.2 Å². The topological polar surface area (TPSA) is 63.3 Å². The molecule has 1 aliphatic carbocycles. The van der Waals surface area contributed by atoms with Crippen LogP contribution in [0.5, 0.6) is 0 Å². The summed E-state index contributed by atoms with van der Waals surface area (Å²) >= 11 is 0. The van der Waals surface area contributed by atoms with E-state index in [4.69, 9.17) is 9.63 Å². The molecule has 0 amide bonds. The first-order chi connectivity index (χ1) is 8.27. The summed E-state index contributed by atoms with van der Waals surface area (Å²) in [5.74, 6) is 0.514. The summed E-state index contributed by atoms with van der Waals surface area (Å²) in [4.78, 5) is 10.6. The van der Waals surface area contributed by atoms with Crippen LogP contribution in [0.3, 0.4) is 0 Å². The quantitative estimate of drug-likeness (QED) is 0.817. The van der Waals surface area contributed by atoms with Crippen LogP contribution in [0.25, 0.3) is 0 Å². The Morgan fingerprint density at radius 3 is 2.71 bits per heavy atom. The molecule has 0 bridgehead atoms. The summed E-state index contributed by atoms with van der Waals surface area (Å²) in [5.41, 5.74) is 1.15. The van der Waals surface area contributed by atoms with Gasteiger partial charge in [-0.05, 0) is 18.8 Å². The lowest BCUT2D eigenvalue weighted by Crippen LogP contribution is -2.02. The minimum absolute atomic E-state index is 0.120. The molecule has 1 fully saturated rings. The zero-order valence-electron chi connectivity index (χ0n) is 10.0. The molecule has 4 nitrogen and oxygen atoms in total. The first-order valence-electron chi connectivity index (χ1n) is 6.42. The van der Waals surface area contributed by atoms with Gasteiger partial charge in [0.25, 0.3) is 0 Å². The third-order valence-corrected chi connectivity index (χ3v) is 3.54. The van der Waals surface area contributed by atoms with Crippen molar-refractivity contribution in [2.24, 2.45) is 0 Å². The van der Waals surface area contributed by atoms with E-state index in [0.717, 1.165) is 11.3 Å². The molecule has 0 saturated heterocycles. The Labute approximate surface area is 101 Å². The molecule has 1 saturated carbocycles. The van der Waals surface area contributed by atoms with Gasteiger partial charge in [0.05, 0.1) is 12.6 Å². The number of aromatic nitrogens is 1. The number of hydrogen-bond donors (Lipinski definition) is 1. The lowest BCUT2D eigenvalue weighted by molar-refractivity contribution is -0.137. The monoisotopic (exact) mass is 237 g/mol. The fraction of sp³-hybridized carbons (Fsp3) is 0.692. The number of carboxylic acids is 1. The van der Waals surface area contributed by atoms with Crippen LogP contribution in [-0.2, 0) is 11.2 Å². The molecule has 1 heterocycles. The van der Waals surface area contributed by atoms with Gasteiger partial charge in [0.2, 0.25) is 0 Å². The molecule has 0 aliphatic heterocycles. The standard InChI is InChI=1S/C13H19NO3/c15-13(16)8-7-12-11(9-14-17-12)10-5-3-1-2-4-6-10/h9-10H,1-8H2,(H,15,16). The lowest BCUT2D eigenvalue weighted by Gasteiger charge is -2.12. The highest BCUT2D eigenvalue weighted by molar-refractivity contribution is 5.67. The Morgan fingerprint density at radius 1 is 1.35 bits per heavy atom. The van der Waals surface area contributed by atoms with Gasteiger partial charge >= 0.3 is 5.97 Å². The first kappa shape index (κ1) is 12.1. The molecule has 94 valence electrons. The molecular weight excluding hydrogens is 218 g/mol. The van der Waals surface area contributed by atoms with Crippen LogP contribution in [0.2, 0.25) is 0 Å². The number of hydrogen-bond acceptors (Lipinski definition) is 3. The van der Waals surface area contributed by atoms with Crippen LogP contribution >= 0.6 is 0 Å². The van der Waals surface area contributed by atoms with E-state index in [1.54, 1.807) is 6.20 Å². The smallest absolute Gasteiger partial charge is 0.303 e. The fourth-order valence-corrected chi connectivity index (χ4v) is 2.61. The summed E-state index contributed by atoms with van der Waals surface area (Å²) in [5, 5.41) is 12.5. The Kier molecular flexibility index (Phi) is 4.18. The number of carboxylic acid groups (broad SMARTS) is 1. The van der Waals surface area contributed by atoms with Gasteiger partial charge in [-0.25, -0.2) is 0 Å². The van der Waals surface area contributed by atoms with Crippen molar-refractivity contribution in [2.45, 2.75) is 57.3 Å². The van der Waals surface area contributed by atoms with Crippen LogP contribution in [0.15, 0.2) is 10.7 Å². The lowest BCUT2D eigenvalue weighted by atomic mass is 9.91. The predicted octanol–water partition coefficient (Wildman–Crippen LogP) is 3.13. The third kappa shape index (κ3) is 3.32. The van der Waals surface area contributed by atoms with Crippen molar-refractivity contribution in [1.82, 2.24) is 5.16 Å². The summed E-state index contributed by atoms with van der Waals surface area (Å²) < 4.78 is 5.20. The Balaban J connectivity index is 2.03. The molecule has 1 aromatic heterocycles. The van der Waals surface area contributed by atoms with E-state index in [9.17, 15) is 4.79 Å². The number of rotatable bonds is 4. The van der Waals surface area contributed by atoms with Gasteiger partial charge in [0.1, 0.15) is 5.76 Å². The van der Waals surface area contributed by atoms with Gasteiger partial charge in [0, 0.05) is 12.0 Å². The maximum atomic E-state index is 10.6. The van der Waals surface area contributed by atoms with Crippen molar-refractivity contribution in [3.8, 4) is 0 Å². The Hall–Kier alpha value is -1.32. The molecule has 1 aromatic rings. The highest BCUT2D eigenvalue weighted by Gasteiger charge is 2.20. The molecule has 0 atom stereocenters. The van der Waals surface area contributed by atoms with E-state index in [1.807, 2.05) is 0 Å². The molecule has 0 radical (unpaired) electrons. The largest absolute Gasteiger partial charge is 0.481 e. The van der Waals surface area contributed by atoms with Crippen molar-refractivity contribution >= 4 is 5.97 Å². The van der Waals surface area contributed by atoms with Crippen molar-refractivity contribution < 1.29 is 14.4 Å². The van der Waals surface area contributed by atoms with Crippen molar-refractivity contribution in [3.05, 3.63) is 17.5 Å². The van der Waals surface area contributed by atoms with Crippen molar-refractivity contribution in [2.75, 3.05) is 0 Å². The normalized spacial score (nSPS) is 17.9. The van der Waals surface area contributed by atoms with Crippen LogP contribution in [0, 0.1) is 0 Å². The van der Waals surface area contributed by atoms with E-state index in [1.165, 1.54) is 38.5 Å². The first-order valence-corrected chi connectivity index (χ1v) is 6.42. The number of aliphatic carboxylic acids is 1. The number of aryl methyl sites for hydroxylation is 1. The van der Waals surface area contributed by atoms with Crippen molar-refractivity contribution in [3.63, 3.8) is 0 Å². The molecule has 4 heteroatoms. The minimum atomic E-state index is -0.784. The Morgan fingerprint density at radius 2 is 2.06 bits per heavy atom. The van der Waals surface area contributed by atoms with Gasteiger partial charge < -0.3 is 9.63 Å². The zero-order chi connectivity index (χ0) is 12.1. The summed E-state index contributed by atoms with van der Waals surface area (Å²) in [7, 11) is 0. The van der Waals surface area contributed by atoms with E-state index >= 15 is 0 Å². The summed E-state index contributed by atoms with van der Waals surface area (Å²) in [6.45, 7) is 0. The van der Waals surface area contributed by atoms with E-state index in [0.29, 0.717) is 12.3 Å². The van der Waals surface area contributed by atoms with Gasteiger partial charge in [-0.15, -0.1) is 0 Å². The fourth-order valence-electron chi connectivity index (χ4n) is 2.61. The molecule has 0 unspecified atom stereocenters. The second-order valence-corrected chi connectivity index (χ2v) is 4.79. The van der Waals surface area contributed by atoms with E-state index < -0.39 is 5.97 Å². The molecule has 1 N–H and O–H groups in total. The highest BCUT2D eigenvalue weighted by Crippen LogP contribution is 2.33. The van der Waals surface area contributed by atoms with Gasteiger partial charge in [-0.2, -0.15) is 0 Å². The van der Waals surface area contributed by atoms with Crippen LogP contribution < -0.4 is 0 Å². The molecule has 0 spiro atoms. The average molecular weight is 237 g/mol. The number of nitrogens with zero attached hydrogens (tertiary/aromatic N) is 1. The van der Waals surface area contributed by atoms with Gasteiger partial charge in [-0.3, -0.25) is 4.79 Å². The SMILES string of the molecule is O=C(O)CCc1oncc1C1CCCCCC1. The molecule has 2 rings (SSSR count). The molecule has 0 aromatic carbocycles. The van der Waals surface area contributed by atoms with Crippen LogP contribution in [0.4, 0.5) is 0 Å². The zero-order valence-corrected chi connectivity index (χ0v) is 10.0. The average Bonchev–Trinajstić information content (AvgIpc) is 2.60. The summed E-state index contributed by atoms with van der Waals surface area (Å²) in [6, 6.07) is 0. The second kappa shape index (κ2) is 5.84.